The van der Waals surface area contributed by atoms with Gasteiger partial charge in [-0.1, -0.05) is 6.07 Å². The van der Waals surface area contributed by atoms with Crippen LogP contribution in [0.3, 0.4) is 0 Å². The first-order chi connectivity index (χ1) is 12.3. The molecule has 0 aromatic carbocycles. The summed E-state index contributed by atoms with van der Waals surface area (Å²) in [7, 11) is 0. The summed E-state index contributed by atoms with van der Waals surface area (Å²) in [4.78, 5) is 32.3. The maximum atomic E-state index is 12.6. The summed E-state index contributed by atoms with van der Waals surface area (Å²) in [5.74, 6) is 0.563. The zero-order valence-corrected chi connectivity index (χ0v) is 16.1. The Morgan fingerprint density at radius 1 is 1.42 bits per heavy atom. The molecule has 0 fully saturated rings. The molecule has 136 valence electrons. The van der Waals surface area contributed by atoms with Gasteiger partial charge in [-0.2, -0.15) is 9.78 Å². The van der Waals surface area contributed by atoms with Gasteiger partial charge in [0.1, 0.15) is 11.5 Å². The molecule has 0 bridgehead atoms. The first-order valence-electron chi connectivity index (χ1n) is 7.90. The predicted octanol–water partition coefficient (Wildman–Crippen LogP) is 3.20. The second kappa shape index (κ2) is 7.05. The number of halogens is 1. The second-order valence-corrected chi connectivity index (χ2v) is 7.70. The van der Waals surface area contributed by atoms with Crippen LogP contribution in [0.2, 0.25) is 0 Å². The summed E-state index contributed by atoms with van der Waals surface area (Å²) in [6, 6.07) is 6.98. The molecule has 1 amide bonds. The highest BCUT2D eigenvalue weighted by Gasteiger charge is 2.28. The van der Waals surface area contributed by atoms with E-state index in [0.29, 0.717) is 17.2 Å². The molecule has 9 heteroatoms. The summed E-state index contributed by atoms with van der Waals surface area (Å²) in [6.07, 6.45) is 0. The third kappa shape index (κ3) is 3.71. The lowest BCUT2D eigenvalue weighted by Crippen LogP contribution is -2.33. The Kier molecular flexibility index (Phi) is 4.97. The lowest BCUT2D eigenvalue weighted by atomic mass is 9.95. The first-order valence-corrected chi connectivity index (χ1v) is 9.31. The summed E-state index contributed by atoms with van der Waals surface area (Å²) in [6.45, 7) is 5.23. The molecule has 0 aliphatic heterocycles. The number of aromatic nitrogens is 4. The number of hydrogen-bond acceptors (Lipinski definition) is 5. The Hall–Kier alpha value is -2.45. The van der Waals surface area contributed by atoms with E-state index in [-0.39, 0.29) is 23.3 Å². The van der Waals surface area contributed by atoms with Gasteiger partial charge in [0.15, 0.2) is 0 Å². The smallest absolute Gasteiger partial charge is 0.252 e. The molecule has 3 aromatic rings. The normalized spacial score (nSPS) is 11.5. The Morgan fingerprint density at radius 2 is 2.19 bits per heavy atom. The number of nitrogens with one attached hydrogen (secondary N) is 2. The van der Waals surface area contributed by atoms with Crippen molar-refractivity contribution in [2.75, 3.05) is 11.2 Å². The van der Waals surface area contributed by atoms with Crippen molar-refractivity contribution < 1.29 is 4.79 Å². The average molecular weight is 392 g/mol. The summed E-state index contributed by atoms with van der Waals surface area (Å²) in [5, 5.41) is 9.29. The van der Waals surface area contributed by atoms with E-state index in [9.17, 15) is 9.59 Å². The Bertz CT molecular complexity index is 991. The van der Waals surface area contributed by atoms with Crippen molar-refractivity contribution in [1.29, 1.82) is 0 Å². The fourth-order valence-electron chi connectivity index (χ4n) is 2.19. The minimum absolute atomic E-state index is 0.171. The van der Waals surface area contributed by atoms with Gasteiger partial charge in [-0.15, -0.1) is 22.9 Å². The Morgan fingerprint density at radius 3 is 2.81 bits per heavy atom. The maximum absolute atomic E-state index is 12.6. The van der Waals surface area contributed by atoms with E-state index in [1.807, 2.05) is 17.5 Å². The second-order valence-electron chi connectivity index (χ2n) is 6.49. The number of aromatic amines is 1. The lowest BCUT2D eigenvalue weighted by Gasteiger charge is -2.20. The SMILES string of the molecule is Cc1cc(=O)[nH]c(-n2nc(-c3cccs3)cc2NC(=O)C(C)(C)CCl)n1. The van der Waals surface area contributed by atoms with Crippen LogP contribution < -0.4 is 10.9 Å². The van der Waals surface area contributed by atoms with Crippen LogP contribution in [-0.2, 0) is 4.79 Å². The van der Waals surface area contributed by atoms with E-state index in [1.165, 1.54) is 22.1 Å². The molecule has 0 saturated carbocycles. The molecule has 0 aliphatic rings. The first kappa shape index (κ1) is 18.3. The molecule has 26 heavy (non-hydrogen) atoms. The number of rotatable bonds is 5. The summed E-state index contributed by atoms with van der Waals surface area (Å²) < 4.78 is 1.42. The van der Waals surface area contributed by atoms with Crippen LogP contribution in [0.1, 0.15) is 19.5 Å². The highest BCUT2D eigenvalue weighted by atomic mass is 35.5. The van der Waals surface area contributed by atoms with Crippen molar-refractivity contribution in [3.05, 3.63) is 45.7 Å². The highest BCUT2D eigenvalue weighted by molar-refractivity contribution is 7.13. The van der Waals surface area contributed by atoms with E-state index in [1.54, 1.807) is 26.8 Å². The zero-order chi connectivity index (χ0) is 18.9. The van der Waals surface area contributed by atoms with Gasteiger partial charge in [0, 0.05) is 23.7 Å². The van der Waals surface area contributed by atoms with Crippen molar-refractivity contribution in [3.8, 4) is 16.5 Å². The van der Waals surface area contributed by atoms with Crippen LogP contribution in [0.15, 0.2) is 34.4 Å². The van der Waals surface area contributed by atoms with Crippen molar-refractivity contribution in [3.63, 3.8) is 0 Å². The van der Waals surface area contributed by atoms with Crippen LogP contribution in [-0.4, -0.2) is 31.5 Å². The fourth-order valence-corrected chi connectivity index (χ4v) is 2.99. The van der Waals surface area contributed by atoms with Crippen LogP contribution in [0.4, 0.5) is 5.82 Å². The van der Waals surface area contributed by atoms with Gasteiger partial charge in [0.2, 0.25) is 11.9 Å². The van der Waals surface area contributed by atoms with Gasteiger partial charge in [0.25, 0.3) is 5.56 Å². The van der Waals surface area contributed by atoms with Crippen LogP contribution >= 0.6 is 22.9 Å². The monoisotopic (exact) mass is 391 g/mol. The molecule has 3 aromatic heterocycles. The molecular weight excluding hydrogens is 374 g/mol. The van der Waals surface area contributed by atoms with E-state index >= 15 is 0 Å². The van der Waals surface area contributed by atoms with E-state index in [0.717, 1.165) is 4.88 Å². The zero-order valence-electron chi connectivity index (χ0n) is 14.5. The molecule has 3 rings (SSSR count). The van der Waals surface area contributed by atoms with Gasteiger partial charge in [-0.05, 0) is 32.2 Å². The molecule has 3 heterocycles. The molecule has 0 spiro atoms. The summed E-state index contributed by atoms with van der Waals surface area (Å²) in [5.41, 5.74) is 0.171. The van der Waals surface area contributed by atoms with Crippen molar-refractivity contribution in [1.82, 2.24) is 19.7 Å². The lowest BCUT2D eigenvalue weighted by molar-refractivity contribution is -0.123. The topological polar surface area (TPSA) is 92.7 Å². The van der Waals surface area contributed by atoms with E-state index in [2.05, 4.69) is 20.4 Å². The number of carbonyl (C=O) groups excluding carboxylic acids is 1. The molecule has 0 unspecified atom stereocenters. The maximum Gasteiger partial charge on any atom is 0.252 e. The van der Waals surface area contributed by atoms with Gasteiger partial charge >= 0.3 is 0 Å². The van der Waals surface area contributed by atoms with Gasteiger partial charge < -0.3 is 5.32 Å². The van der Waals surface area contributed by atoms with Gasteiger partial charge in [-0.3, -0.25) is 14.6 Å². The number of H-pyrrole nitrogens is 1. The minimum Gasteiger partial charge on any atom is -0.310 e. The third-order valence-corrected chi connectivity index (χ3v) is 5.29. The molecule has 2 N–H and O–H groups in total. The molecule has 0 radical (unpaired) electrons. The number of hydrogen-bond donors (Lipinski definition) is 2. The van der Waals surface area contributed by atoms with Crippen LogP contribution in [0.25, 0.3) is 16.5 Å². The average Bonchev–Trinajstić information content (AvgIpc) is 3.23. The van der Waals surface area contributed by atoms with Crippen molar-refractivity contribution in [2.45, 2.75) is 20.8 Å². The molecule has 0 saturated heterocycles. The number of amides is 1. The Labute approximate surface area is 159 Å². The van der Waals surface area contributed by atoms with E-state index < -0.39 is 5.41 Å². The quantitative estimate of drug-likeness (QED) is 0.653. The molecule has 0 aliphatic carbocycles. The number of aryl methyl sites for hydroxylation is 1. The molecular formula is C17H18ClN5O2S. The fraction of sp³-hybridized carbons (Fsp3) is 0.294. The largest absolute Gasteiger partial charge is 0.310 e. The van der Waals surface area contributed by atoms with Crippen LogP contribution in [0, 0.1) is 12.3 Å². The number of carbonyl (C=O) groups is 1. The van der Waals surface area contributed by atoms with E-state index in [4.69, 9.17) is 11.6 Å². The van der Waals surface area contributed by atoms with Crippen molar-refractivity contribution in [2.24, 2.45) is 5.41 Å². The number of alkyl halides is 1. The Balaban J connectivity index is 2.09. The summed E-state index contributed by atoms with van der Waals surface area (Å²) >= 11 is 7.42. The third-order valence-electron chi connectivity index (χ3n) is 3.73. The number of thiophene rings is 1. The molecule has 7 nitrogen and oxygen atoms in total. The minimum atomic E-state index is -0.757. The van der Waals surface area contributed by atoms with Crippen LogP contribution in [0.5, 0.6) is 0 Å². The number of anilines is 1. The predicted molar refractivity (Wildman–Crippen MR) is 103 cm³/mol. The standard InChI is InChI=1S/C17H18ClN5O2S/c1-10-7-14(24)21-16(19-10)23-13(20-15(25)17(2,3)9-18)8-11(22-23)12-5-4-6-26-12/h4-8H,9H2,1-3H3,(H,20,25)(H,19,21,24). The van der Waals surface area contributed by atoms with Crippen molar-refractivity contribution >= 4 is 34.7 Å². The molecule has 0 atom stereocenters. The van der Waals surface area contributed by atoms with Gasteiger partial charge in [0.05, 0.1) is 10.3 Å². The van der Waals surface area contributed by atoms with Gasteiger partial charge in [-0.25, -0.2) is 4.98 Å². The number of nitrogens with zero attached hydrogens (tertiary/aromatic N) is 3. The highest BCUT2D eigenvalue weighted by Crippen LogP contribution is 2.28.